The van der Waals surface area contributed by atoms with Crippen molar-refractivity contribution in [2.75, 3.05) is 14.2 Å². The molecule has 0 bridgehead atoms. The summed E-state index contributed by atoms with van der Waals surface area (Å²) in [6.45, 7) is 6.22. The molecule has 0 radical (unpaired) electrons. The Balaban J connectivity index is 3.41. The van der Waals surface area contributed by atoms with Crippen LogP contribution in [-0.4, -0.2) is 14.2 Å². The van der Waals surface area contributed by atoms with Crippen molar-refractivity contribution in [2.45, 2.75) is 20.8 Å². The first-order chi connectivity index (χ1) is 8.91. The second-order valence-corrected chi connectivity index (χ2v) is 5.51. The molecule has 19 heavy (non-hydrogen) atoms. The summed E-state index contributed by atoms with van der Waals surface area (Å²) < 4.78 is 13.4. The summed E-state index contributed by atoms with van der Waals surface area (Å²) in [7, 11) is 3.22. The summed E-state index contributed by atoms with van der Waals surface area (Å²) in [5.41, 5.74) is 1.66. The summed E-state index contributed by atoms with van der Waals surface area (Å²) >= 11 is 2.01. The van der Waals surface area contributed by atoms with Gasteiger partial charge in [-0.15, -0.1) is 0 Å². The van der Waals surface area contributed by atoms with Gasteiger partial charge in [-0.1, -0.05) is 17.8 Å². The highest BCUT2D eigenvalue weighted by atomic mass is 127. The van der Waals surface area contributed by atoms with Gasteiger partial charge in [0.25, 0.3) is 0 Å². The van der Waals surface area contributed by atoms with Crippen LogP contribution in [0.5, 0.6) is 11.5 Å². The van der Waals surface area contributed by atoms with Gasteiger partial charge in [-0.2, -0.15) is 0 Å². The van der Waals surface area contributed by atoms with Crippen LogP contribution in [0.15, 0.2) is 12.1 Å². The second kappa shape index (κ2) is 6.73. The Morgan fingerprint density at radius 1 is 0.947 bits per heavy atom. The highest BCUT2D eigenvalue weighted by Crippen LogP contribution is 2.30. The summed E-state index contributed by atoms with van der Waals surface area (Å²) in [6, 6.07) is 3.73. The first kappa shape index (κ1) is 15.7. The first-order valence-corrected chi connectivity index (χ1v) is 6.90. The maximum atomic E-state index is 5.30. The van der Waals surface area contributed by atoms with E-state index in [-0.39, 0.29) is 5.41 Å². The molecule has 2 nitrogen and oxygen atoms in total. The standard InChI is InChI=1S/C16H17IO2/c1-16(2,3)8-6-12-10-14(18-4)15(19-5)11-13(12)7-9-17/h10-11H,1-5H3. The number of halogens is 1. The molecule has 0 spiro atoms. The van der Waals surface area contributed by atoms with E-state index in [4.69, 9.17) is 9.47 Å². The molecule has 0 aromatic heterocycles. The Bertz CT molecular complexity index is 575. The molecular formula is C16H17IO2. The van der Waals surface area contributed by atoms with Crippen molar-refractivity contribution in [2.24, 2.45) is 5.41 Å². The maximum absolute atomic E-state index is 5.30. The van der Waals surface area contributed by atoms with Gasteiger partial charge in [-0.25, -0.2) is 0 Å². The van der Waals surface area contributed by atoms with Crippen LogP contribution in [0.4, 0.5) is 0 Å². The minimum Gasteiger partial charge on any atom is -0.493 e. The minimum atomic E-state index is -0.0534. The van der Waals surface area contributed by atoms with E-state index in [9.17, 15) is 0 Å². The largest absolute Gasteiger partial charge is 0.493 e. The average Bonchev–Trinajstić information content (AvgIpc) is 2.36. The molecule has 0 aliphatic carbocycles. The number of methoxy groups -OCH3 is 2. The van der Waals surface area contributed by atoms with Crippen LogP contribution in [0.25, 0.3) is 0 Å². The fourth-order valence-electron chi connectivity index (χ4n) is 1.39. The average molecular weight is 368 g/mol. The van der Waals surface area contributed by atoms with Crippen LogP contribution in [0, 0.1) is 27.1 Å². The number of hydrogen-bond acceptors (Lipinski definition) is 2. The third-order valence-corrected chi connectivity index (χ3v) is 2.55. The number of ether oxygens (including phenoxy) is 2. The van der Waals surface area contributed by atoms with Gasteiger partial charge in [-0.05, 0) is 24.7 Å². The molecule has 0 aliphatic heterocycles. The van der Waals surface area contributed by atoms with Gasteiger partial charge >= 0.3 is 0 Å². The summed E-state index contributed by atoms with van der Waals surface area (Å²) in [5.74, 6) is 10.8. The molecule has 0 amide bonds. The molecule has 3 heteroatoms. The molecule has 0 heterocycles. The summed E-state index contributed by atoms with van der Waals surface area (Å²) in [4.78, 5) is 0. The van der Waals surface area contributed by atoms with Crippen molar-refractivity contribution < 1.29 is 9.47 Å². The van der Waals surface area contributed by atoms with E-state index >= 15 is 0 Å². The van der Waals surface area contributed by atoms with Gasteiger partial charge in [0.2, 0.25) is 0 Å². The van der Waals surface area contributed by atoms with Crippen molar-refractivity contribution in [3.63, 3.8) is 0 Å². The van der Waals surface area contributed by atoms with Gasteiger partial charge < -0.3 is 9.47 Å². The second-order valence-electron chi connectivity index (χ2n) is 4.97. The zero-order chi connectivity index (χ0) is 14.5. The number of benzene rings is 1. The SMILES string of the molecule is COc1cc(C#CI)c(C#CC(C)(C)C)cc1OC. The predicted octanol–water partition coefficient (Wildman–Crippen LogP) is 3.85. The van der Waals surface area contributed by atoms with Crippen molar-refractivity contribution >= 4 is 22.6 Å². The van der Waals surface area contributed by atoms with Gasteiger partial charge in [-0.3, -0.25) is 0 Å². The molecule has 0 aliphatic rings. The molecule has 0 saturated heterocycles. The van der Waals surface area contributed by atoms with E-state index in [1.807, 2.05) is 34.7 Å². The lowest BCUT2D eigenvalue weighted by Crippen LogP contribution is -2.00. The highest BCUT2D eigenvalue weighted by molar-refractivity contribution is 14.1. The van der Waals surface area contributed by atoms with Crippen LogP contribution in [0.2, 0.25) is 0 Å². The van der Waals surface area contributed by atoms with Gasteiger partial charge in [0.1, 0.15) is 0 Å². The van der Waals surface area contributed by atoms with Crippen LogP contribution < -0.4 is 9.47 Å². The Morgan fingerprint density at radius 2 is 1.42 bits per heavy atom. The molecule has 1 aromatic carbocycles. The lowest BCUT2D eigenvalue weighted by atomic mass is 9.96. The lowest BCUT2D eigenvalue weighted by molar-refractivity contribution is 0.355. The molecule has 0 fully saturated rings. The fraction of sp³-hybridized carbons (Fsp3) is 0.375. The van der Waals surface area contributed by atoms with Crippen LogP contribution in [-0.2, 0) is 0 Å². The third-order valence-electron chi connectivity index (χ3n) is 2.28. The van der Waals surface area contributed by atoms with Crippen LogP contribution >= 0.6 is 22.6 Å². The molecule has 100 valence electrons. The molecule has 0 atom stereocenters. The Kier molecular flexibility index (Phi) is 5.57. The van der Waals surface area contributed by atoms with E-state index < -0.39 is 0 Å². The summed E-state index contributed by atoms with van der Waals surface area (Å²) in [5, 5.41) is 0. The van der Waals surface area contributed by atoms with Crippen molar-refractivity contribution in [3.05, 3.63) is 23.3 Å². The zero-order valence-corrected chi connectivity index (χ0v) is 14.0. The highest BCUT2D eigenvalue weighted by Gasteiger charge is 2.10. The van der Waals surface area contributed by atoms with Crippen LogP contribution in [0.3, 0.4) is 0 Å². The normalized spacial score (nSPS) is 9.79. The smallest absolute Gasteiger partial charge is 0.162 e. The fourth-order valence-corrected chi connectivity index (χ4v) is 1.68. The first-order valence-electron chi connectivity index (χ1n) is 5.82. The predicted molar refractivity (Wildman–Crippen MR) is 86.8 cm³/mol. The quantitative estimate of drug-likeness (QED) is 0.583. The Labute approximate surface area is 129 Å². The molecule has 0 saturated carbocycles. The van der Waals surface area contributed by atoms with Gasteiger partial charge in [0.15, 0.2) is 11.5 Å². The van der Waals surface area contributed by atoms with E-state index in [0.717, 1.165) is 11.1 Å². The lowest BCUT2D eigenvalue weighted by Gasteiger charge is -2.10. The Morgan fingerprint density at radius 3 is 1.79 bits per heavy atom. The molecular weight excluding hydrogens is 351 g/mol. The topological polar surface area (TPSA) is 18.5 Å². The zero-order valence-electron chi connectivity index (χ0n) is 11.8. The monoisotopic (exact) mass is 368 g/mol. The molecule has 0 N–H and O–H groups in total. The van der Waals surface area contributed by atoms with Gasteiger partial charge in [0, 0.05) is 51.3 Å². The molecule has 0 unspecified atom stereocenters. The molecule has 1 rings (SSSR count). The minimum absolute atomic E-state index is 0.0534. The van der Waals surface area contributed by atoms with Crippen molar-refractivity contribution in [3.8, 4) is 33.2 Å². The van der Waals surface area contributed by atoms with Crippen molar-refractivity contribution in [1.29, 1.82) is 0 Å². The Hall–Kier alpha value is -1.33. The maximum Gasteiger partial charge on any atom is 0.162 e. The van der Waals surface area contributed by atoms with E-state index in [1.54, 1.807) is 14.2 Å². The van der Waals surface area contributed by atoms with Gasteiger partial charge in [0.05, 0.1) is 14.2 Å². The van der Waals surface area contributed by atoms with E-state index in [2.05, 4.69) is 42.5 Å². The number of rotatable bonds is 2. The number of hydrogen-bond donors (Lipinski definition) is 0. The molecule has 1 aromatic rings. The van der Waals surface area contributed by atoms with Crippen molar-refractivity contribution in [1.82, 2.24) is 0 Å². The summed E-state index contributed by atoms with van der Waals surface area (Å²) in [6.07, 6.45) is 0. The van der Waals surface area contributed by atoms with Crippen LogP contribution in [0.1, 0.15) is 31.9 Å². The van der Waals surface area contributed by atoms with E-state index in [1.165, 1.54) is 0 Å². The van der Waals surface area contributed by atoms with E-state index in [0.29, 0.717) is 11.5 Å². The third kappa shape index (κ3) is 4.69.